The minimum atomic E-state index is -0.220. The molecule has 2 aromatic carbocycles. The molecule has 1 saturated carbocycles. The third-order valence-corrected chi connectivity index (χ3v) is 8.03. The lowest BCUT2D eigenvalue weighted by Gasteiger charge is -2.33. The van der Waals surface area contributed by atoms with Gasteiger partial charge >= 0.3 is 0 Å². The van der Waals surface area contributed by atoms with E-state index in [9.17, 15) is 9.18 Å². The van der Waals surface area contributed by atoms with Gasteiger partial charge < -0.3 is 5.32 Å². The monoisotopic (exact) mass is 473 g/mol. The van der Waals surface area contributed by atoms with Gasteiger partial charge in [-0.1, -0.05) is 12.1 Å². The number of carbonyl (C=O) groups excluding carboxylic acids is 1. The van der Waals surface area contributed by atoms with Crippen LogP contribution in [0.4, 0.5) is 4.39 Å². The van der Waals surface area contributed by atoms with Crippen LogP contribution in [0, 0.1) is 18.7 Å². The summed E-state index contributed by atoms with van der Waals surface area (Å²) in [6.07, 6.45) is 7.83. The van der Waals surface area contributed by atoms with Crippen molar-refractivity contribution in [3.63, 3.8) is 0 Å². The number of carbonyl (C=O) groups is 1. The zero-order valence-electron chi connectivity index (χ0n) is 19.4. The Bertz CT molecular complexity index is 1310. The van der Waals surface area contributed by atoms with Crippen molar-refractivity contribution >= 4 is 28.1 Å². The lowest BCUT2D eigenvalue weighted by atomic mass is 9.75. The second-order valence-corrected chi connectivity index (χ2v) is 10.5. The quantitative estimate of drug-likeness (QED) is 0.343. The summed E-state index contributed by atoms with van der Waals surface area (Å²) in [5.41, 5.74) is 3.79. The predicted molar refractivity (Wildman–Crippen MR) is 136 cm³/mol. The van der Waals surface area contributed by atoms with Crippen LogP contribution < -0.4 is 5.32 Å². The van der Waals surface area contributed by atoms with Crippen LogP contribution in [-0.4, -0.2) is 21.9 Å². The van der Waals surface area contributed by atoms with Gasteiger partial charge in [-0.2, -0.15) is 0 Å². The Kier molecular flexibility index (Phi) is 6.42. The minimum Gasteiger partial charge on any atom is -0.349 e. The van der Waals surface area contributed by atoms with E-state index in [1.807, 2.05) is 49.6 Å². The number of aryl methyl sites for hydroxylation is 1. The van der Waals surface area contributed by atoms with Crippen LogP contribution in [0.2, 0.25) is 0 Å². The van der Waals surface area contributed by atoms with Crippen LogP contribution in [0.3, 0.4) is 0 Å². The van der Waals surface area contributed by atoms with E-state index in [0.717, 1.165) is 52.0 Å². The molecular weight excluding hydrogens is 445 g/mol. The summed E-state index contributed by atoms with van der Waals surface area (Å²) < 4.78 is 13.9. The lowest BCUT2D eigenvalue weighted by molar-refractivity contribution is 0.0918. The van der Waals surface area contributed by atoms with Crippen molar-refractivity contribution in [1.82, 2.24) is 15.3 Å². The Morgan fingerprint density at radius 2 is 1.82 bits per heavy atom. The molecule has 1 fully saturated rings. The van der Waals surface area contributed by atoms with E-state index in [-0.39, 0.29) is 17.8 Å². The van der Waals surface area contributed by atoms with Crippen molar-refractivity contribution in [2.45, 2.75) is 51.5 Å². The molecule has 4 aromatic rings. The Balaban J connectivity index is 1.20. The molecular formula is C28H28FN3OS. The van der Waals surface area contributed by atoms with E-state index in [0.29, 0.717) is 17.4 Å². The second kappa shape index (κ2) is 9.63. The fraction of sp³-hybridized carbons (Fsp3) is 0.321. The Labute approximate surface area is 203 Å². The fourth-order valence-corrected chi connectivity index (χ4v) is 5.90. The molecule has 1 N–H and O–H groups in total. The number of halogens is 1. The molecule has 1 atom stereocenters. The molecule has 0 spiro atoms. The van der Waals surface area contributed by atoms with Gasteiger partial charge in [0.1, 0.15) is 5.82 Å². The van der Waals surface area contributed by atoms with Crippen LogP contribution in [0.5, 0.6) is 0 Å². The van der Waals surface area contributed by atoms with Gasteiger partial charge in [-0.05, 0) is 98.9 Å². The van der Waals surface area contributed by atoms with Crippen LogP contribution in [0.1, 0.15) is 59.5 Å². The highest BCUT2D eigenvalue weighted by atomic mass is 32.1. The normalized spacial score (nSPS) is 19.1. The third-order valence-electron chi connectivity index (χ3n) is 7.07. The average molecular weight is 474 g/mol. The Morgan fingerprint density at radius 1 is 1.06 bits per heavy atom. The molecule has 0 bridgehead atoms. The van der Waals surface area contributed by atoms with Crippen LogP contribution in [0.15, 0.2) is 60.9 Å². The molecule has 5 rings (SSSR count). The topological polar surface area (TPSA) is 54.9 Å². The Hall–Kier alpha value is -3.12. The zero-order valence-corrected chi connectivity index (χ0v) is 20.2. The van der Waals surface area contributed by atoms with Gasteiger partial charge in [-0.25, -0.2) is 9.37 Å². The Morgan fingerprint density at radius 3 is 2.53 bits per heavy atom. The third kappa shape index (κ3) is 4.73. The number of nitrogens with zero attached hydrogens (tertiary/aromatic N) is 2. The zero-order chi connectivity index (χ0) is 23.7. The largest absolute Gasteiger partial charge is 0.349 e. The second-order valence-electron chi connectivity index (χ2n) is 9.26. The molecule has 0 aliphatic heterocycles. The molecule has 0 unspecified atom stereocenters. The van der Waals surface area contributed by atoms with E-state index in [2.05, 4.69) is 22.2 Å². The molecule has 6 heteroatoms. The number of aromatic nitrogens is 2. The molecule has 2 heterocycles. The van der Waals surface area contributed by atoms with Crippen molar-refractivity contribution < 1.29 is 9.18 Å². The summed E-state index contributed by atoms with van der Waals surface area (Å²) in [6, 6.07) is 14.7. The number of thiazole rings is 1. The number of amides is 1. The van der Waals surface area contributed by atoms with Crippen LogP contribution in [-0.2, 0) is 0 Å². The molecule has 1 aliphatic rings. The maximum absolute atomic E-state index is 13.9. The van der Waals surface area contributed by atoms with Gasteiger partial charge in [0, 0.05) is 29.4 Å². The van der Waals surface area contributed by atoms with E-state index in [1.165, 1.54) is 11.6 Å². The highest BCUT2D eigenvalue weighted by molar-refractivity contribution is 7.15. The van der Waals surface area contributed by atoms with Crippen molar-refractivity contribution in [2.75, 3.05) is 0 Å². The summed E-state index contributed by atoms with van der Waals surface area (Å²) in [5.74, 6) is 0.582. The molecule has 4 nitrogen and oxygen atoms in total. The number of nitrogens with one attached hydrogen (secondary N) is 1. The fourth-order valence-electron chi connectivity index (χ4n) is 5.11. The minimum absolute atomic E-state index is 0.0303. The van der Waals surface area contributed by atoms with E-state index < -0.39 is 0 Å². The average Bonchev–Trinajstić information content (AvgIpc) is 3.30. The predicted octanol–water partition coefficient (Wildman–Crippen LogP) is 6.90. The van der Waals surface area contributed by atoms with Gasteiger partial charge in [0.25, 0.3) is 5.91 Å². The van der Waals surface area contributed by atoms with Crippen molar-refractivity contribution in [3.8, 4) is 10.4 Å². The lowest BCUT2D eigenvalue weighted by Crippen LogP contribution is -2.39. The number of benzene rings is 2. The van der Waals surface area contributed by atoms with Crippen molar-refractivity contribution in [2.24, 2.45) is 5.92 Å². The summed E-state index contributed by atoms with van der Waals surface area (Å²) in [4.78, 5) is 22.7. The molecule has 0 radical (unpaired) electrons. The number of rotatable bonds is 5. The first kappa shape index (κ1) is 22.7. The van der Waals surface area contributed by atoms with E-state index >= 15 is 0 Å². The van der Waals surface area contributed by atoms with Gasteiger partial charge in [0.05, 0.1) is 15.4 Å². The van der Waals surface area contributed by atoms with E-state index in [1.54, 1.807) is 23.5 Å². The molecule has 34 heavy (non-hydrogen) atoms. The maximum Gasteiger partial charge on any atom is 0.251 e. The van der Waals surface area contributed by atoms with Gasteiger partial charge in [-0.15, -0.1) is 11.3 Å². The molecule has 174 valence electrons. The first-order valence-corrected chi connectivity index (χ1v) is 12.7. The van der Waals surface area contributed by atoms with Gasteiger partial charge in [0.2, 0.25) is 0 Å². The number of hydrogen-bond acceptors (Lipinski definition) is 4. The summed E-state index contributed by atoms with van der Waals surface area (Å²) in [5, 5.41) is 5.17. The first-order chi connectivity index (χ1) is 16.5. The van der Waals surface area contributed by atoms with Crippen LogP contribution >= 0.6 is 11.3 Å². The summed E-state index contributed by atoms with van der Waals surface area (Å²) in [6.45, 7) is 4.10. The van der Waals surface area contributed by atoms with Gasteiger partial charge in [0.15, 0.2) is 0 Å². The standard InChI is InChI=1S/C28H28FN3OS/c1-17(32-28(33)22-9-7-21(8-10-22)27-16-31-18(2)34-27)19-3-5-20(6-4-19)24-13-14-30-26-12-11-23(29)15-25(24)26/h7-17,19-20H,3-6H2,1-2H3,(H,32,33)/t17-,19-,20-/m1/s1. The number of pyridine rings is 1. The van der Waals surface area contributed by atoms with Crippen LogP contribution in [0.25, 0.3) is 21.3 Å². The molecule has 0 saturated heterocycles. The number of fused-ring (bicyclic) bond motifs is 1. The van der Waals surface area contributed by atoms with Gasteiger partial charge in [-0.3, -0.25) is 9.78 Å². The summed E-state index contributed by atoms with van der Waals surface area (Å²) >= 11 is 1.65. The first-order valence-electron chi connectivity index (χ1n) is 11.9. The molecule has 1 amide bonds. The SMILES string of the molecule is Cc1ncc(-c2ccc(C(=O)N[C@H](C)[C@H]3CC[C@H](c4ccnc5ccc(F)cc54)CC3)cc2)s1. The highest BCUT2D eigenvalue weighted by Crippen LogP contribution is 2.39. The number of hydrogen-bond donors (Lipinski definition) is 1. The maximum atomic E-state index is 13.9. The summed E-state index contributed by atoms with van der Waals surface area (Å²) in [7, 11) is 0. The van der Waals surface area contributed by atoms with Crippen molar-refractivity contribution in [1.29, 1.82) is 0 Å². The molecule has 1 aliphatic carbocycles. The smallest absolute Gasteiger partial charge is 0.251 e. The molecule has 2 aromatic heterocycles. The van der Waals surface area contributed by atoms with Crippen molar-refractivity contribution in [3.05, 3.63) is 82.9 Å². The highest BCUT2D eigenvalue weighted by Gasteiger charge is 2.28. The van der Waals surface area contributed by atoms with E-state index in [4.69, 9.17) is 0 Å².